The zero-order valence-electron chi connectivity index (χ0n) is 11.5. The van der Waals surface area contributed by atoms with Crippen LogP contribution in [0.1, 0.15) is 24.1 Å². The Morgan fingerprint density at radius 1 is 1.10 bits per heavy atom. The lowest BCUT2D eigenvalue weighted by Crippen LogP contribution is -2.30. The molecule has 0 saturated heterocycles. The first-order valence-electron chi connectivity index (χ1n) is 6.45. The summed E-state index contributed by atoms with van der Waals surface area (Å²) in [5, 5.41) is 7.58. The molecule has 2 rings (SSSR count). The number of para-hydroxylation sites is 1. The van der Waals surface area contributed by atoms with Crippen LogP contribution in [-0.4, -0.2) is 5.11 Å². The Morgan fingerprint density at radius 3 is 2.40 bits per heavy atom. The molecule has 1 atom stereocenters. The van der Waals surface area contributed by atoms with Crippen LogP contribution in [0.3, 0.4) is 0 Å². The van der Waals surface area contributed by atoms with Gasteiger partial charge in [-0.2, -0.15) is 0 Å². The fraction of sp³-hybridized carbons (Fsp3) is 0.188. The van der Waals surface area contributed by atoms with Crippen molar-refractivity contribution in [3.05, 3.63) is 64.7 Å². The number of rotatable bonds is 3. The Labute approximate surface area is 130 Å². The lowest BCUT2D eigenvalue weighted by molar-refractivity contribution is 0.722. The molecule has 0 amide bonds. The predicted octanol–water partition coefficient (Wildman–Crippen LogP) is 4.70. The molecule has 0 fully saturated rings. The molecule has 20 heavy (non-hydrogen) atoms. The molecule has 0 aliphatic carbocycles. The third-order valence-corrected chi connectivity index (χ3v) is 3.60. The van der Waals surface area contributed by atoms with Gasteiger partial charge in [0.15, 0.2) is 5.11 Å². The van der Waals surface area contributed by atoms with Gasteiger partial charge in [-0.25, -0.2) is 0 Å². The van der Waals surface area contributed by atoms with E-state index in [4.69, 9.17) is 23.8 Å². The smallest absolute Gasteiger partial charge is 0.171 e. The van der Waals surface area contributed by atoms with Gasteiger partial charge in [0, 0.05) is 0 Å². The lowest BCUT2D eigenvalue weighted by Gasteiger charge is -2.18. The van der Waals surface area contributed by atoms with Crippen molar-refractivity contribution in [3.63, 3.8) is 0 Å². The fourth-order valence-corrected chi connectivity index (χ4v) is 2.33. The first kappa shape index (κ1) is 14.8. The van der Waals surface area contributed by atoms with Crippen LogP contribution in [0.15, 0.2) is 48.5 Å². The molecule has 2 nitrogen and oxygen atoms in total. The van der Waals surface area contributed by atoms with Crippen molar-refractivity contribution < 1.29 is 0 Å². The van der Waals surface area contributed by atoms with Crippen molar-refractivity contribution in [2.75, 3.05) is 5.32 Å². The summed E-state index contributed by atoms with van der Waals surface area (Å²) >= 11 is 11.4. The van der Waals surface area contributed by atoms with Crippen LogP contribution in [0.5, 0.6) is 0 Å². The number of hydrogen-bond donors (Lipinski definition) is 2. The molecule has 0 bridgehead atoms. The minimum absolute atomic E-state index is 0.137. The van der Waals surface area contributed by atoms with Crippen molar-refractivity contribution in [2.45, 2.75) is 19.9 Å². The van der Waals surface area contributed by atoms with Crippen molar-refractivity contribution in [1.82, 2.24) is 5.32 Å². The summed E-state index contributed by atoms with van der Waals surface area (Å²) in [5.74, 6) is 0. The van der Waals surface area contributed by atoms with Crippen LogP contribution < -0.4 is 10.6 Å². The van der Waals surface area contributed by atoms with Crippen molar-refractivity contribution in [3.8, 4) is 0 Å². The Balaban J connectivity index is 1.98. The number of anilines is 1. The molecule has 2 N–H and O–H groups in total. The quantitative estimate of drug-likeness (QED) is 0.804. The molecule has 0 aromatic heterocycles. The van der Waals surface area contributed by atoms with Crippen molar-refractivity contribution in [1.29, 1.82) is 0 Å². The van der Waals surface area contributed by atoms with E-state index in [2.05, 4.69) is 48.7 Å². The van der Waals surface area contributed by atoms with Gasteiger partial charge < -0.3 is 10.6 Å². The van der Waals surface area contributed by atoms with Crippen molar-refractivity contribution >= 4 is 34.6 Å². The number of thiocarbonyl (C=S) groups is 1. The third kappa shape index (κ3) is 3.95. The summed E-state index contributed by atoms with van der Waals surface area (Å²) in [4.78, 5) is 0. The lowest BCUT2D eigenvalue weighted by atomic mass is 10.1. The Hall–Kier alpha value is -1.58. The summed E-state index contributed by atoms with van der Waals surface area (Å²) in [6, 6.07) is 16.1. The predicted molar refractivity (Wildman–Crippen MR) is 90.4 cm³/mol. The highest BCUT2D eigenvalue weighted by Gasteiger charge is 2.07. The number of benzene rings is 2. The molecule has 0 aliphatic heterocycles. The van der Waals surface area contributed by atoms with Gasteiger partial charge in [0.1, 0.15) is 0 Å². The van der Waals surface area contributed by atoms with Gasteiger partial charge in [-0.05, 0) is 43.8 Å². The number of nitrogens with one attached hydrogen (secondary N) is 2. The summed E-state index contributed by atoms with van der Waals surface area (Å²) in [6.07, 6.45) is 0. The minimum Gasteiger partial charge on any atom is -0.356 e. The molecule has 2 aromatic rings. The number of hydrogen-bond acceptors (Lipinski definition) is 1. The molecule has 0 aliphatic rings. The Kier molecular flexibility index (Phi) is 4.99. The maximum absolute atomic E-state index is 6.09. The average Bonchev–Trinajstić information content (AvgIpc) is 2.42. The SMILES string of the molecule is Cc1ccc([C@@H](C)NC(=S)Nc2ccccc2Cl)cc1. The Morgan fingerprint density at radius 2 is 1.75 bits per heavy atom. The normalized spacial score (nSPS) is 11.8. The number of aryl methyl sites for hydroxylation is 1. The van der Waals surface area contributed by atoms with E-state index < -0.39 is 0 Å². The molecule has 4 heteroatoms. The monoisotopic (exact) mass is 304 g/mol. The van der Waals surface area contributed by atoms with Gasteiger partial charge in [0.2, 0.25) is 0 Å². The van der Waals surface area contributed by atoms with E-state index >= 15 is 0 Å². The molecule has 0 radical (unpaired) electrons. The second kappa shape index (κ2) is 6.73. The van der Waals surface area contributed by atoms with Gasteiger partial charge in [0.05, 0.1) is 16.8 Å². The molecular weight excluding hydrogens is 288 g/mol. The maximum atomic E-state index is 6.09. The zero-order chi connectivity index (χ0) is 14.5. The summed E-state index contributed by atoms with van der Waals surface area (Å²) in [6.45, 7) is 4.15. The highest BCUT2D eigenvalue weighted by atomic mass is 35.5. The van der Waals surface area contributed by atoms with Crippen LogP contribution >= 0.6 is 23.8 Å². The van der Waals surface area contributed by atoms with Crippen LogP contribution in [0.2, 0.25) is 5.02 Å². The summed E-state index contributed by atoms with van der Waals surface area (Å²) < 4.78 is 0. The Bertz CT molecular complexity index is 596. The standard InChI is InChI=1S/C16H17ClN2S/c1-11-7-9-13(10-8-11)12(2)18-16(20)19-15-6-4-3-5-14(15)17/h3-10,12H,1-2H3,(H2,18,19,20)/t12-/m1/s1. The zero-order valence-corrected chi connectivity index (χ0v) is 13.1. The molecule has 2 aromatic carbocycles. The van der Waals surface area contributed by atoms with Crippen LogP contribution in [0, 0.1) is 6.92 Å². The van der Waals surface area contributed by atoms with E-state index in [0.717, 1.165) is 5.69 Å². The van der Waals surface area contributed by atoms with Gasteiger partial charge in [-0.1, -0.05) is 53.6 Å². The first-order valence-corrected chi connectivity index (χ1v) is 7.23. The molecule has 0 spiro atoms. The van der Waals surface area contributed by atoms with E-state index in [-0.39, 0.29) is 6.04 Å². The number of halogens is 1. The average molecular weight is 305 g/mol. The van der Waals surface area contributed by atoms with Crippen LogP contribution in [0.25, 0.3) is 0 Å². The summed E-state index contributed by atoms with van der Waals surface area (Å²) in [7, 11) is 0. The van der Waals surface area contributed by atoms with Gasteiger partial charge in [0.25, 0.3) is 0 Å². The van der Waals surface area contributed by atoms with Gasteiger partial charge in [-0.3, -0.25) is 0 Å². The van der Waals surface area contributed by atoms with Crippen LogP contribution in [0.4, 0.5) is 5.69 Å². The highest BCUT2D eigenvalue weighted by molar-refractivity contribution is 7.80. The van der Waals surface area contributed by atoms with Gasteiger partial charge >= 0.3 is 0 Å². The summed E-state index contributed by atoms with van der Waals surface area (Å²) in [5.41, 5.74) is 3.25. The highest BCUT2D eigenvalue weighted by Crippen LogP contribution is 2.20. The molecule has 0 saturated carbocycles. The molecular formula is C16H17ClN2S. The van der Waals surface area contributed by atoms with E-state index in [1.807, 2.05) is 24.3 Å². The molecule has 104 valence electrons. The van der Waals surface area contributed by atoms with Crippen molar-refractivity contribution in [2.24, 2.45) is 0 Å². The van der Waals surface area contributed by atoms with E-state index in [0.29, 0.717) is 10.1 Å². The minimum atomic E-state index is 0.137. The first-order chi connectivity index (χ1) is 9.56. The molecule has 0 heterocycles. The largest absolute Gasteiger partial charge is 0.356 e. The molecule has 0 unspecified atom stereocenters. The maximum Gasteiger partial charge on any atom is 0.171 e. The van der Waals surface area contributed by atoms with E-state index in [1.54, 1.807) is 0 Å². The fourth-order valence-electron chi connectivity index (χ4n) is 1.86. The second-order valence-electron chi connectivity index (χ2n) is 4.71. The van der Waals surface area contributed by atoms with E-state index in [1.165, 1.54) is 11.1 Å². The second-order valence-corrected chi connectivity index (χ2v) is 5.53. The van der Waals surface area contributed by atoms with Gasteiger partial charge in [-0.15, -0.1) is 0 Å². The van der Waals surface area contributed by atoms with Crippen LogP contribution in [-0.2, 0) is 0 Å². The van der Waals surface area contributed by atoms with E-state index in [9.17, 15) is 0 Å². The topological polar surface area (TPSA) is 24.1 Å². The third-order valence-electron chi connectivity index (χ3n) is 3.05.